The zero-order valence-electron chi connectivity index (χ0n) is 12.2. The maximum atomic E-state index is 12.5. The first kappa shape index (κ1) is 15.7. The van der Waals surface area contributed by atoms with Gasteiger partial charge in [-0.05, 0) is 21.5 Å². The van der Waals surface area contributed by atoms with Crippen molar-refractivity contribution in [3.8, 4) is 0 Å². The van der Waals surface area contributed by atoms with E-state index in [-0.39, 0.29) is 23.7 Å². The molecule has 0 aromatic carbocycles. The van der Waals surface area contributed by atoms with Gasteiger partial charge in [0.1, 0.15) is 12.0 Å². The minimum absolute atomic E-state index is 0.00990. The van der Waals surface area contributed by atoms with Crippen molar-refractivity contribution < 1.29 is 24.0 Å². The number of carbonyl (C=O) groups is 2. The normalized spacial score (nSPS) is 13.7. The lowest BCUT2D eigenvalue weighted by molar-refractivity contribution is -1.02. The molecule has 0 saturated carbocycles. The largest absolute Gasteiger partial charge is 0.322 e. The summed E-state index contributed by atoms with van der Waals surface area (Å²) in [5, 5.41) is 7.50. The van der Waals surface area contributed by atoms with Crippen LogP contribution in [0.5, 0.6) is 0 Å². The predicted molar refractivity (Wildman–Crippen MR) is 85.3 cm³/mol. The van der Waals surface area contributed by atoms with E-state index in [0.29, 0.717) is 21.9 Å². The number of hydrogen-bond donors (Lipinski definition) is 0. The van der Waals surface area contributed by atoms with E-state index in [1.807, 2.05) is 11.5 Å². The first-order valence-electron chi connectivity index (χ1n) is 6.75. The average Bonchev–Trinajstić information content (AvgIpc) is 3.25. The third kappa shape index (κ3) is 3.27. The molecule has 2 aromatic rings. The molecule has 2 aromatic heterocycles. The van der Waals surface area contributed by atoms with Crippen LogP contribution in [0.4, 0.5) is 0 Å². The lowest BCUT2D eigenvalue weighted by Gasteiger charge is -2.05. The van der Waals surface area contributed by atoms with Crippen molar-refractivity contribution >= 4 is 34.7 Å². The van der Waals surface area contributed by atoms with Crippen molar-refractivity contribution in [1.29, 1.82) is 0 Å². The molecule has 23 heavy (non-hydrogen) atoms. The highest BCUT2D eigenvalue weighted by Gasteiger charge is 2.34. The highest BCUT2D eigenvalue weighted by Crippen LogP contribution is 2.19. The monoisotopic (exact) mass is 349 g/mol. The van der Waals surface area contributed by atoms with Gasteiger partial charge in [-0.25, -0.2) is 0 Å². The topological polar surface area (TPSA) is 73.3 Å². The number of rotatable bonds is 6. The van der Waals surface area contributed by atoms with Gasteiger partial charge in [0.2, 0.25) is 0 Å². The lowest BCUT2D eigenvalue weighted by atomic mass is 10.0. The van der Waals surface area contributed by atoms with Gasteiger partial charge in [0.05, 0.1) is 11.3 Å². The minimum Gasteiger partial charge on any atom is -0.305 e. The zero-order valence-corrected chi connectivity index (χ0v) is 13.9. The fraction of sp³-hybridized carbons (Fsp3) is 0.200. The highest BCUT2D eigenvalue weighted by atomic mass is 32.2. The summed E-state index contributed by atoms with van der Waals surface area (Å²) in [5.41, 5.74) is 1.11. The van der Waals surface area contributed by atoms with Crippen molar-refractivity contribution in [2.75, 3.05) is 12.9 Å². The number of Topliss-reactive ketones (excluding diaryl/α,β-unsaturated/α-hetero) is 1. The van der Waals surface area contributed by atoms with Crippen molar-refractivity contribution in [3.63, 3.8) is 0 Å². The summed E-state index contributed by atoms with van der Waals surface area (Å²) in [6, 6.07) is 3.49. The van der Waals surface area contributed by atoms with Crippen LogP contribution in [-0.4, -0.2) is 29.6 Å². The first-order valence-corrected chi connectivity index (χ1v) is 8.68. The maximum absolute atomic E-state index is 12.5. The van der Waals surface area contributed by atoms with E-state index in [4.69, 9.17) is 9.47 Å². The van der Waals surface area contributed by atoms with Gasteiger partial charge in [0, 0.05) is 11.3 Å². The molecule has 0 spiro atoms. The van der Waals surface area contributed by atoms with Crippen LogP contribution < -0.4 is 9.74 Å². The van der Waals surface area contributed by atoms with E-state index in [2.05, 4.69) is 5.16 Å². The van der Waals surface area contributed by atoms with Gasteiger partial charge >= 0.3 is 5.69 Å². The third-order valence-corrected chi connectivity index (χ3v) is 4.92. The van der Waals surface area contributed by atoms with Crippen LogP contribution in [0.3, 0.4) is 0 Å². The summed E-state index contributed by atoms with van der Waals surface area (Å²) in [4.78, 5) is 31.5. The van der Waals surface area contributed by atoms with E-state index < -0.39 is 0 Å². The molecule has 0 atom stereocenters. The predicted octanol–water partition coefficient (Wildman–Crippen LogP) is 1.61. The molecule has 1 aliphatic heterocycles. The molecule has 0 bridgehead atoms. The second kappa shape index (κ2) is 6.93. The Balaban J connectivity index is 1.90. The Morgan fingerprint density at radius 1 is 1.48 bits per heavy atom. The lowest BCUT2D eigenvalue weighted by Crippen LogP contribution is -2.43. The Bertz CT molecular complexity index is 791. The molecule has 0 unspecified atom stereocenters. The number of hydrogen-bond acceptors (Lipinski definition) is 7. The average molecular weight is 349 g/mol. The Labute approximate surface area is 140 Å². The molecule has 3 rings (SSSR count). The Hall–Kier alpha value is -2.19. The number of allylic oxidation sites excluding steroid dienone is 2. The Kier molecular flexibility index (Phi) is 4.73. The van der Waals surface area contributed by atoms with E-state index >= 15 is 0 Å². The van der Waals surface area contributed by atoms with Gasteiger partial charge < -0.3 is 4.84 Å². The summed E-state index contributed by atoms with van der Waals surface area (Å²) in [6.07, 6.45) is 3.60. The summed E-state index contributed by atoms with van der Waals surface area (Å²) in [5.74, 6) is 0.243. The molecule has 118 valence electrons. The quantitative estimate of drug-likeness (QED) is 0.738. The van der Waals surface area contributed by atoms with Crippen LogP contribution >= 0.6 is 23.1 Å². The molecule has 8 heteroatoms. The van der Waals surface area contributed by atoms with E-state index in [9.17, 15) is 9.59 Å². The van der Waals surface area contributed by atoms with E-state index in [1.54, 1.807) is 35.4 Å². The van der Waals surface area contributed by atoms with Crippen molar-refractivity contribution in [3.05, 3.63) is 56.9 Å². The van der Waals surface area contributed by atoms with Crippen LogP contribution in [0.25, 0.3) is 0 Å². The van der Waals surface area contributed by atoms with Crippen LogP contribution in [-0.2, 0) is 11.2 Å². The number of thioether (sulfide) groups is 1. The fourth-order valence-electron chi connectivity index (χ4n) is 2.09. The molecular weight excluding hydrogens is 336 g/mol. The molecule has 0 aliphatic carbocycles. The van der Waals surface area contributed by atoms with Gasteiger partial charge in [-0.15, -0.1) is 23.1 Å². The molecule has 0 saturated heterocycles. The van der Waals surface area contributed by atoms with E-state index in [0.717, 1.165) is 4.90 Å². The Morgan fingerprint density at radius 3 is 3.00 bits per heavy atom. The molecular formula is C15H13N2O4S2+. The molecule has 3 heterocycles. The van der Waals surface area contributed by atoms with Crippen molar-refractivity contribution in [1.82, 2.24) is 5.16 Å². The second-order valence-corrected chi connectivity index (χ2v) is 6.49. The summed E-state index contributed by atoms with van der Waals surface area (Å²) in [6.45, 7) is 0. The smallest absolute Gasteiger partial charge is 0.305 e. The van der Waals surface area contributed by atoms with Gasteiger partial charge in [-0.2, -0.15) is 0 Å². The molecule has 1 aliphatic rings. The summed E-state index contributed by atoms with van der Waals surface area (Å²) < 4.78 is 4.99. The van der Waals surface area contributed by atoms with Crippen LogP contribution in [0.1, 0.15) is 21.1 Å². The molecule has 0 amide bonds. The number of nitrogens with zero attached hydrogens (tertiary/aromatic N) is 2. The fourth-order valence-corrected chi connectivity index (χ4v) is 3.48. The van der Waals surface area contributed by atoms with Gasteiger partial charge in [-0.1, -0.05) is 18.2 Å². The highest BCUT2D eigenvalue weighted by molar-refractivity contribution is 8.02. The van der Waals surface area contributed by atoms with Crippen molar-refractivity contribution in [2.45, 2.75) is 6.42 Å². The van der Waals surface area contributed by atoms with Gasteiger partial charge in [-0.3, -0.25) is 9.59 Å². The first-order chi connectivity index (χ1) is 11.2. The van der Waals surface area contributed by atoms with Gasteiger partial charge in [0.15, 0.2) is 10.9 Å². The minimum atomic E-state index is -0.283. The van der Waals surface area contributed by atoms with E-state index in [1.165, 1.54) is 18.4 Å². The number of aromatic nitrogens is 2. The second-order valence-electron chi connectivity index (χ2n) is 4.65. The summed E-state index contributed by atoms with van der Waals surface area (Å²) >= 11 is 2.86. The standard InChI is InChI=1S/C15H13N2O4S2/c1-20-17-11(8-12(18)10-4-2-6-22-9-10)14(16-21-17)15(19)13-5-3-7-23-13/h2-7H,8-9H2,1H3/q+1. The SMILES string of the molecule is CO[n+]1onc(C(=O)c2cccs2)c1CC(=O)C1=CC=CSC1. The van der Waals surface area contributed by atoms with Crippen LogP contribution in [0, 0.1) is 0 Å². The number of ketones is 2. The van der Waals surface area contributed by atoms with Crippen molar-refractivity contribution in [2.24, 2.45) is 0 Å². The molecule has 0 radical (unpaired) electrons. The van der Waals surface area contributed by atoms with Crippen LogP contribution in [0.2, 0.25) is 0 Å². The Morgan fingerprint density at radius 2 is 2.35 bits per heavy atom. The third-order valence-electron chi connectivity index (χ3n) is 3.22. The molecule has 6 nitrogen and oxygen atoms in total. The number of thiophene rings is 1. The molecule has 0 fully saturated rings. The molecule has 0 N–H and O–H groups in total. The van der Waals surface area contributed by atoms with Gasteiger partial charge in [0.25, 0.3) is 11.5 Å². The van der Waals surface area contributed by atoms with Crippen LogP contribution in [0.15, 0.2) is 45.3 Å². The maximum Gasteiger partial charge on any atom is 0.322 e. The number of carbonyl (C=O) groups excluding carboxylic acids is 2. The zero-order chi connectivity index (χ0) is 16.2. The summed E-state index contributed by atoms with van der Waals surface area (Å²) in [7, 11) is 1.39.